The highest BCUT2D eigenvalue weighted by molar-refractivity contribution is 8.16. The van der Waals surface area contributed by atoms with E-state index in [1.54, 1.807) is 0 Å². The Kier molecular flexibility index (Phi) is 7.27. The van der Waals surface area contributed by atoms with Crippen molar-refractivity contribution < 1.29 is 17.9 Å². The van der Waals surface area contributed by atoms with E-state index in [-0.39, 0.29) is 34.6 Å². The lowest BCUT2D eigenvalue weighted by molar-refractivity contribution is -0.121. The molecule has 0 spiro atoms. The number of carbonyl (C=O) groups excluding carboxylic acids is 1. The number of sulfone groups is 1. The van der Waals surface area contributed by atoms with Crippen molar-refractivity contribution in [2.45, 2.75) is 57.7 Å². The molecule has 160 valence electrons. The minimum atomic E-state index is -3.09. The molecule has 0 aromatic heterocycles. The summed E-state index contributed by atoms with van der Waals surface area (Å²) in [5, 5.41) is 0.510. The first-order chi connectivity index (χ1) is 13.9. The highest BCUT2D eigenvalue weighted by Crippen LogP contribution is 2.41. The topological polar surface area (TPSA) is 76.0 Å². The monoisotopic (exact) mass is 438 g/mol. The molecule has 0 aliphatic carbocycles. The molecule has 2 heterocycles. The molecule has 6 nitrogen and oxygen atoms in total. The third kappa shape index (κ3) is 5.15. The largest absolute Gasteiger partial charge is 0.494 e. The Bertz CT molecular complexity index is 865. The van der Waals surface area contributed by atoms with E-state index in [1.807, 2.05) is 43.0 Å². The molecular weight excluding hydrogens is 408 g/mol. The third-order valence-electron chi connectivity index (χ3n) is 5.47. The average Bonchev–Trinajstić information content (AvgIpc) is 3.14. The van der Waals surface area contributed by atoms with Gasteiger partial charge in [0.25, 0.3) is 5.91 Å². The number of nitrogens with zero attached hydrogens (tertiary/aromatic N) is 2. The van der Waals surface area contributed by atoms with E-state index >= 15 is 0 Å². The predicted molar refractivity (Wildman–Crippen MR) is 120 cm³/mol. The molecule has 29 heavy (non-hydrogen) atoms. The van der Waals surface area contributed by atoms with Gasteiger partial charge in [-0.3, -0.25) is 4.79 Å². The molecule has 1 aromatic carbocycles. The van der Waals surface area contributed by atoms with Gasteiger partial charge in [-0.1, -0.05) is 45.0 Å². The lowest BCUT2D eigenvalue weighted by Crippen LogP contribution is -2.37. The van der Waals surface area contributed by atoms with Crippen LogP contribution in [0.15, 0.2) is 29.3 Å². The Morgan fingerprint density at radius 2 is 2.03 bits per heavy atom. The van der Waals surface area contributed by atoms with Crippen LogP contribution in [0.5, 0.6) is 5.75 Å². The summed E-state index contributed by atoms with van der Waals surface area (Å²) < 4.78 is 30.3. The van der Waals surface area contributed by atoms with Crippen LogP contribution >= 0.6 is 11.8 Å². The lowest BCUT2D eigenvalue weighted by Gasteiger charge is -2.25. The van der Waals surface area contributed by atoms with Gasteiger partial charge in [-0.2, -0.15) is 4.99 Å². The molecule has 2 fully saturated rings. The maximum Gasteiger partial charge on any atom is 0.251 e. The van der Waals surface area contributed by atoms with Crippen LogP contribution in [0.1, 0.15) is 46.5 Å². The average molecular weight is 439 g/mol. The lowest BCUT2D eigenvalue weighted by atomic mass is 10.0. The zero-order valence-corrected chi connectivity index (χ0v) is 19.0. The molecule has 0 saturated carbocycles. The first-order valence-electron chi connectivity index (χ1n) is 10.4. The molecule has 2 aliphatic rings. The van der Waals surface area contributed by atoms with Crippen molar-refractivity contribution in [2.75, 3.05) is 23.0 Å². The molecule has 3 rings (SSSR count). The Labute approximate surface area is 178 Å². The van der Waals surface area contributed by atoms with Crippen molar-refractivity contribution in [3.05, 3.63) is 24.3 Å². The van der Waals surface area contributed by atoms with Gasteiger partial charge in [0.2, 0.25) is 0 Å². The van der Waals surface area contributed by atoms with Crippen molar-refractivity contribution >= 4 is 38.4 Å². The second kappa shape index (κ2) is 9.51. The number of carbonyl (C=O) groups is 1. The zero-order valence-electron chi connectivity index (χ0n) is 17.3. The van der Waals surface area contributed by atoms with Crippen molar-refractivity contribution in [2.24, 2.45) is 10.9 Å². The zero-order chi connectivity index (χ0) is 21.0. The van der Waals surface area contributed by atoms with Gasteiger partial charge in [-0.05, 0) is 31.4 Å². The van der Waals surface area contributed by atoms with E-state index in [9.17, 15) is 13.2 Å². The normalized spacial score (nSPS) is 24.3. The Balaban J connectivity index is 1.92. The smallest absolute Gasteiger partial charge is 0.251 e. The number of rotatable bonds is 8. The number of unbranched alkanes of at least 4 members (excludes halogenated alkanes) is 1. The predicted octanol–water partition coefficient (Wildman–Crippen LogP) is 3.90. The fourth-order valence-electron chi connectivity index (χ4n) is 3.75. The maximum atomic E-state index is 12.7. The number of amidine groups is 1. The number of hydrogen-bond acceptors (Lipinski definition) is 5. The molecule has 0 bridgehead atoms. The Morgan fingerprint density at radius 3 is 2.72 bits per heavy atom. The number of anilines is 1. The molecule has 1 amide bonds. The van der Waals surface area contributed by atoms with Crippen molar-refractivity contribution in [3.8, 4) is 5.75 Å². The number of amides is 1. The van der Waals surface area contributed by atoms with Crippen LogP contribution in [0, 0.1) is 5.92 Å². The number of hydrogen-bond donors (Lipinski definition) is 0. The maximum absolute atomic E-state index is 12.7. The summed E-state index contributed by atoms with van der Waals surface area (Å²) in [4.78, 5) is 19.0. The molecule has 2 saturated heterocycles. The second-order valence-corrected chi connectivity index (χ2v) is 11.0. The molecule has 0 radical (unpaired) electrons. The molecule has 0 unspecified atom stereocenters. The summed E-state index contributed by atoms with van der Waals surface area (Å²) in [5.74, 6) is 0.738. The highest BCUT2D eigenvalue weighted by atomic mass is 32.2. The van der Waals surface area contributed by atoms with Crippen LogP contribution in [-0.4, -0.2) is 48.9 Å². The molecule has 2 atom stereocenters. The summed E-state index contributed by atoms with van der Waals surface area (Å²) >= 11 is 1.42. The van der Waals surface area contributed by atoms with Gasteiger partial charge < -0.3 is 9.64 Å². The SMILES string of the molecule is CCCCOc1cccc(N2C(=NC(=O)C(CC)CC)S[C@H]3CS(=O)(=O)C[C@@H]32)c1. The standard InChI is InChI=1S/C21H30N2O4S2/c1-4-7-11-27-17-10-8-9-16(12-17)23-18-13-29(25,26)14-19(18)28-21(23)22-20(24)15(5-2)6-3/h8-10,12,15,18-19H,4-7,11,13-14H2,1-3H3/t18-,19-/m0/s1. The van der Waals surface area contributed by atoms with Gasteiger partial charge in [0.05, 0.1) is 24.2 Å². The number of ether oxygens (including phenoxy) is 1. The molecule has 1 aromatic rings. The van der Waals surface area contributed by atoms with E-state index in [0.29, 0.717) is 11.8 Å². The summed E-state index contributed by atoms with van der Waals surface area (Å²) in [6, 6.07) is 7.44. The number of benzene rings is 1. The van der Waals surface area contributed by atoms with E-state index in [1.165, 1.54) is 11.8 Å². The Morgan fingerprint density at radius 1 is 1.28 bits per heavy atom. The minimum Gasteiger partial charge on any atom is -0.494 e. The first kappa shape index (κ1) is 22.2. The van der Waals surface area contributed by atoms with Crippen molar-refractivity contribution in [3.63, 3.8) is 0 Å². The van der Waals surface area contributed by atoms with Gasteiger partial charge in [0.1, 0.15) is 5.75 Å². The highest BCUT2D eigenvalue weighted by Gasteiger charge is 2.49. The summed E-state index contributed by atoms with van der Waals surface area (Å²) in [6.45, 7) is 6.74. The van der Waals surface area contributed by atoms with Crippen LogP contribution in [0.4, 0.5) is 5.69 Å². The summed E-state index contributed by atoms with van der Waals surface area (Å²) in [6.07, 6.45) is 3.53. The number of fused-ring (bicyclic) bond motifs is 1. The van der Waals surface area contributed by atoms with Gasteiger partial charge in [-0.15, -0.1) is 0 Å². The van der Waals surface area contributed by atoms with E-state index in [4.69, 9.17) is 4.74 Å². The number of aliphatic imine (C=N–C) groups is 1. The molecule has 8 heteroatoms. The van der Waals surface area contributed by atoms with Crippen LogP contribution in [0.3, 0.4) is 0 Å². The number of thioether (sulfide) groups is 1. The Hall–Kier alpha value is -1.54. The minimum absolute atomic E-state index is 0.0871. The van der Waals surface area contributed by atoms with Crippen LogP contribution in [0.25, 0.3) is 0 Å². The fraction of sp³-hybridized carbons (Fsp3) is 0.619. The van der Waals surface area contributed by atoms with Crippen LogP contribution < -0.4 is 9.64 Å². The van der Waals surface area contributed by atoms with Crippen LogP contribution in [0.2, 0.25) is 0 Å². The summed E-state index contributed by atoms with van der Waals surface area (Å²) in [7, 11) is -3.09. The third-order valence-corrected chi connectivity index (χ3v) is 8.68. The van der Waals surface area contributed by atoms with Gasteiger partial charge >= 0.3 is 0 Å². The second-order valence-electron chi connectivity index (χ2n) is 7.62. The van der Waals surface area contributed by atoms with Gasteiger partial charge in [0, 0.05) is 22.9 Å². The molecule has 0 N–H and O–H groups in total. The van der Waals surface area contributed by atoms with E-state index in [0.717, 1.165) is 37.1 Å². The fourth-order valence-corrected chi connectivity index (χ4v) is 7.67. The molecule has 2 aliphatic heterocycles. The van der Waals surface area contributed by atoms with E-state index in [2.05, 4.69) is 11.9 Å². The summed E-state index contributed by atoms with van der Waals surface area (Å²) in [5.41, 5.74) is 0.826. The van der Waals surface area contributed by atoms with Gasteiger partial charge in [0.15, 0.2) is 15.0 Å². The van der Waals surface area contributed by atoms with Crippen LogP contribution in [-0.2, 0) is 14.6 Å². The van der Waals surface area contributed by atoms with Gasteiger partial charge in [-0.25, -0.2) is 8.42 Å². The van der Waals surface area contributed by atoms with E-state index < -0.39 is 9.84 Å². The van der Waals surface area contributed by atoms with Crippen molar-refractivity contribution in [1.29, 1.82) is 0 Å². The first-order valence-corrected chi connectivity index (χ1v) is 13.1. The molecular formula is C21H30N2O4S2. The van der Waals surface area contributed by atoms with Crippen molar-refractivity contribution in [1.82, 2.24) is 0 Å². The quantitative estimate of drug-likeness (QED) is 0.573.